The summed E-state index contributed by atoms with van der Waals surface area (Å²) in [5, 5.41) is 0. The van der Waals surface area contributed by atoms with Gasteiger partial charge in [-0.15, -0.1) is 0 Å². The van der Waals surface area contributed by atoms with Gasteiger partial charge in [0.15, 0.2) is 0 Å². The van der Waals surface area contributed by atoms with E-state index >= 15 is 0 Å². The molecule has 0 bridgehead atoms. The Morgan fingerprint density at radius 1 is 0.895 bits per heavy atom. The van der Waals surface area contributed by atoms with Crippen molar-refractivity contribution in [1.29, 1.82) is 0 Å². The Morgan fingerprint density at radius 2 is 1.47 bits per heavy atom. The maximum absolute atomic E-state index is 5.65. The summed E-state index contributed by atoms with van der Waals surface area (Å²) in [6, 6.07) is 20.8. The van der Waals surface area contributed by atoms with Gasteiger partial charge in [-0.05, 0) is 24.5 Å². The van der Waals surface area contributed by atoms with E-state index in [1.807, 2.05) is 24.3 Å². The van der Waals surface area contributed by atoms with Gasteiger partial charge in [-0.25, -0.2) is 0 Å². The predicted octanol–water partition coefficient (Wildman–Crippen LogP) is 4.39. The monoisotopic (exact) mass is 252 g/mol. The van der Waals surface area contributed by atoms with Gasteiger partial charge in [-0.2, -0.15) is 0 Å². The maximum Gasteiger partial charge on any atom is 0.0721 e. The molecule has 1 nitrogen and oxygen atoms in total. The van der Waals surface area contributed by atoms with Crippen LogP contribution in [-0.4, -0.2) is 6.61 Å². The molecule has 0 aliphatic heterocycles. The number of ether oxygens (including phenoxy) is 1. The van der Waals surface area contributed by atoms with Crippen LogP contribution in [-0.2, 0) is 17.8 Å². The summed E-state index contributed by atoms with van der Waals surface area (Å²) in [4.78, 5) is 0. The van der Waals surface area contributed by atoms with E-state index in [1.54, 1.807) is 0 Å². The highest BCUT2D eigenvalue weighted by Crippen LogP contribution is 2.07. The van der Waals surface area contributed by atoms with Crippen molar-refractivity contribution in [3.8, 4) is 0 Å². The predicted molar refractivity (Wildman–Crippen MR) is 80.0 cm³/mol. The first-order valence-corrected chi connectivity index (χ1v) is 6.66. The highest BCUT2D eigenvalue weighted by Gasteiger charge is 1.94. The second-order valence-corrected chi connectivity index (χ2v) is 4.71. The van der Waals surface area contributed by atoms with E-state index in [2.05, 4.69) is 49.4 Å². The molecule has 0 saturated carbocycles. The van der Waals surface area contributed by atoms with Crippen molar-refractivity contribution in [2.24, 2.45) is 0 Å². The standard InChI is InChI=1S/C18H20O/c1-16(14-17-8-4-2-5-9-17)12-13-19-15-18-10-6-3-7-11-18/h2-12H,13-15H2,1H3. The SMILES string of the molecule is CC(=CCOCc1ccccc1)Cc1ccccc1. The summed E-state index contributed by atoms with van der Waals surface area (Å²) in [5.74, 6) is 0. The van der Waals surface area contributed by atoms with Crippen LogP contribution in [0.15, 0.2) is 72.3 Å². The van der Waals surface area contributed by atoms with Crippen LogP contribution in [0.25, 0.3) is 0 Å². The van der Waals surface area contributed by atoms with Gasteiger partial charge in [0.2, 0.25) is 0 Å². The van der Waals surface area contributed by atoms with Crippen LogP contribution in [0.5, 0.6) is 0 Å². The van der Waals surface area contributed by atoms with Crippen molar-refractivity contribution >= 4 is 0 Å². The smallest absolute Gasteiger partial charge is 0.0721 e. The van der Waals surface area contributed by atoms with Gasteiger partial charge in [-0.3, -0.25) is 0 Å². The fourth-order valence-corrected chi connectivity index (χ4v) is 1.94. The Hall–Kier alpha value is -1.86. The lowest BCUT2D eigenvalue weighted by molar-refractivity contribution is 0.148. The van der Waals surface area contributed by atoms with Crippen LogP contribution in [0.4, 0.5) is 0 Å². The zero-order valence-corrected chi connectivity index (χ0v) is 11.4. The lowest BCUT2D eigenvalue weighted by Gasteiger charge is -2.04. The molecule has 0 radical (unpaired) electrons. The van der Waals surface area contributed by atoms with Gasteiger partial charge >= 0.3 is 0 Å². The molecule has 0 aromatic heterocycles. The van der Waals surface area contributed by atoms with E-state index < -0.39 is 0 Å². The lowest BCUT2D eigenvalue weighted by Crippen LogP contribution is -1.94. The van der Waals surface area contributed by atoms with Crippen LogP contribution in [0.3, 0.4) is 0 Å². The first-order valence-electron chi connectivity index (χ1n) is 6.66. The molecule has 19 heavy (non-hydrogen) atoms. The van der Waals surface area contributed by atoms with Gasteiger partial charge in [-0.1, -0.05) is 72.3 Å². The minimum absolute atomic E-state index is 0.674. The minimum Gasteiger partial charge on any atom is -0.373 e. The molecule has 0 aliphatic carbocycles. The van der Waals surface area contributed by atoms with Crippen molar-refractivity contribution in [2.75, 3.05) is 6.61 Å². The quantitative estimate of drug-likeness (QED) is 0.547. The van der Waals surface area contributed by atoms with Crippen LogP contribution >= 0.6 is 0 Å². The molecule has 1 heteroatoms. The minimum atomic E-state index is 0.674. The van der Waals surface area contributed by atoms with Gasteiger partial charge < -0.3 is 4.74 Å². The highest BCUT2D eigenvalue weighted by atomic mass is 16.5. The molecule has 2 aromatic rings. The molecule has 0 spiro atoms. The number of allylic oxidation sites excluding steroid dienone is 1. The molecule has 0 heterocycles. The van der Waals surface area contributed by atoms with E-state index in [0.29, 0.717) is 13.2 Å². The topological polar surface area (TPSA) is 9.23 Å². The van der Waals surface area contributed by atoms with Gasteiger partial charge in [0.05, 0.1) is 13.2 Å². The van der Waals surface area contributed by atoms with Gasteiger partial charge in [0, 0.05) is 0 Å². The summed E-state index contributed by atoms with van der Waals surface area (Å²) in [5.41, 5.74) is 3.91. The van der Waals surface area contributed by atoms with Crippen molar-refractivity contribution in [2.45, 2.75) is 20.0 Å². The van der Waals surface area contributed by atoms with E-state index in [4.69, 9.17) is 4.74 Å². The Balaban J connectivity index is 1.73. The van der Waals surface area contributed by atoms with Gasteiger partial charge in [0.25, 0.3) is 0 Å². The Kier molecular flexibility index (Phi) is 5.39. The summed E-state index contributed by atoms with van der Waals surface area (Å²) in [6.45, 7) is 3.50. The van der Waals surface area contributed by atoms with E-state index in [-0.39, 0.29) is 0 Å². The van der Waals surface area contributed by atoms with Crippen molar-refractivity contribution in [3.63, 3.8) is 0 Å². The van der Waals surface area contributed by atoms with Gasteiger partial charge in [0.1, 0.15) is 0 Å². The molecule has 98 valence electrons. The van der Waals surface area contributed by atoms with Crippen molar-refractivity contribution < 1.29 is 4.74 Å². The summed E-state index contributed by atoms with van der Waals surface area (Å²) >= 11 is 0. The normalized spacial score (nSPS) is 11.5. The molecule has 2 rings (SSSR count). The fraction of sp³-hybridized carbons (Fsp3) is 0.222. The molecule has 0 N–H and O–H groups in total. The summed E-state index contributed by atoms with van der Waals surface area (Å²) in [7, 11) is 0. The first kappa shape index (κ1) is 13.6. The molecular weight excluding hydrogens is 232 g/mol. The van der Waals surface area contributed by atoms with Crippen LogP contribution < -0.4 is 0 Å². The Labute approximate surface area is 115 Å². The molecule has 0 atom stereocenters. The Morgan fingerprint density at radius 3 is 2.11 bits per heavy atom. The zero-order valence-electron chi connectivity index (χ0n) is 11.4. The summed E-state index contributed by atoms with van der Waals surface area (Å²) < 4.78 is 5.65. The molecule has 0 amide bonds. The maximum atomic E-state index is 5.65. The lowest BCUT2D eigenvalue weighted by atomic mass is 10.1. The third-order valence-electron chi connectivity index (χ3n) is 2.99. The number of hydrogen-bond acceptors (Lipinski definition) is 1. The molecule has 0 fully saturated rings. The average molecular weight is 252 g/mol. The van der Waals surface area contributed by atoms with Crippen molar-refractivity contribution in [3.05, 3.63) is 83.4 Å². The molecule has 2 aromatic carbocycles. The second-order valence-electron chi connectivity index (χ2n) is 4.71. The average Bonchev–Trinajstić information content (AvgIpc) is 2.46. The fourth-order valence-electron chi connectivity index (χ4n) is 1.94. The zero-order chi connectivity index (χ0) is 13.3. The molecule has 0 unspecified atom stereocenters. The number of benzene rings is 2. The highest BCUT2D eigenvalue weighted by molar-refractivity contribution is 5.21. The first-order chi connectivity index (χ1) is 9.34. The molecule has 0 saturated heterocycles. The third-order valence-corrected chi connectivity index (χ3v) is 2.99. The molecule has 0 aliphatic rings. The molecular formula is C18H20O. The van der Waals surface area contributed by atoms with E-state index in [0.717, 1.165) is 6.42 Å². The van der Waals surface area contributed by atoms with Crippen LogP contribution in [0.1, 0.15) is 18.1 Å². The van der Waals surface area contributed by atoms with Crippen LogP contribution in [0.2, 0.25) is 0 Å². The van der Waals surface area contributed by atoms with E-state index in [1.165, 1.54) is 16.7 Å². The van der Waals surface area contributed by atoms with Crippen LogP contribution in [0, 0.1) is 0 Å². The number of rotatable bonds is 6. The summed E-state index contributed by atoms with van der Waals surface area (Å²) in [6.07, 6.45) is 3.16. The largest absolute Gasteiger partial charge is 0.373 e. The Bertz CT molecular complexity index is 500. The second kappa shape index (κ2) is 7.55. The number of hydrogen-bond donors (Lipinski definition) is 0. The third kappa shape index (κ3) is 5.11. The van der Waals surface area contributed by atoms with E-state index in [9.17, 15) is 0 Å². The van der Waals surface area contributed by atoms with Crippen molar-refractivity contribution in [1.82, 2.24) is 0 Å².